The Kier molecular flexibility index (Phi) is 4.97. The summed E-state index contributed by atoms with van der Waals surface area (Å²) in [6.07, 6.45) is 0.625. The summed E-state index contributed by atoms with van der Waals surface area (Å²) in [5.74, 6) is 0.477. The van der Waals surface area contributed by atoms with Gasteiger partial charge in [0, 0.05) is 18.5 Å². The summed E-state index contributed by atoms with van der Waals surface area (Å²) < 4.78 is 10.6. The molecule has 1 fully saturated rings. The molecule has 2 heterocycles. The van der Waals surface area contributed by atoms with Crippen LogP contribution in [0.4, 0.5) is 4.79 Å². The standard InChI is InChI=1S/C19H24N2O4/c1-12-11-21(9-8-15(12)18(22)24-3)19(23)20-13(2)17-10-14-6-4-5-7-16(14)25-17/h4-7,10,12-13,15H,8-9,11H2,1-3H3,(H,20,23)/t12-,13-,15+/m0/s1. The zero-order valence-electron chi connectivity index (χ0n) is 14.8. The first-order valence-corrected chi connectivity index (χ1v) is 8.61. The minimum absolute atomic E-state index is 0.0773. The van der Waals surface area contributed by atoms with Crippen LogP contribution in [0.3, 0.4) is 0 Å². The van der Waals surface area contributed by atoms with Crippen molar-refractivity contribution in [3.63, 3.8) is 0 Å². The lowest BCUT2D eigenvalue weighted by molar-refractivity contribution is -0.148. The van der Waals surface area contributed by atoms with Crippen molar-refractivity contribution in [2.24, 2.45) is 11.8 Å². The van der Waals surface area contributed by atoms with E-state index in [0.717, 1.165) is 16.7 Å². The molecule has 25 heavy (non-hydrogen) atoms. The Labute approximate surface area is 147 Å². The van der Waals surface area contributed by atoms with Crippen molar-refractivity contribution in [3.8, 4) is 0 Å². The Balaban J connectivity index is 1.61. The second kappa shape index (κ2) is 7.17. The molecule has 1 aromatic carbocycles. The van der Waals surface area contributed by atoms with Crippen LogP contribution in [-0.2, 0) is 9.53 Å². The number of nitrogens with zero attached hydrogens (tertiary/aromatic N) is 1. The number of hydrogen-bond acceptors (Lipinski definition) is 4. The predicted octanol–water partition coefficient (Wildman–Crippen LogP) is 3.33. The minimum atomic E-state index is -0.228. The highest BCUT2D eigenvalue weighted by atomic mass is 16.5. The predicted molar refractivity (Wildman–Crippen MR) is 94.0 cm³/mol. The second-order valence-electron chi connectivity index (χ2n) is 6.70. The summed E-state index contributed by atoms with van der Waals surface area (Å²) in [7, 11) is 1.41. The fraction of sp³-hybridized carbons (Fsp3) is 0.474. The van der Waals surface area contributed by atoms with Crippen LogP contribution in [0, 0.1) is 11.8 Å². The largest absolute Gasteiger partial charge is 0.469 e. The van der Waals surface area contributed by atoms with E-state index in [1.807, 2.05) is 44.2 Å². The van der Waals surface area contributed by atoms with E-state index < -0.39 is 0 Å². The topological polar surface area (TPSA) is 71.8 Å². The molecule has 6 nitrogen and oxygen atoms in total. The third-order valence-corrected chi connectivity index (χ3v) is 4.91. The number of esters is 1. The molecular weight excluding hydrogens is 320 g/mol. The van der Waals surface area contributed by atoms with E-state index in [2.05, 4.69) is 5.32 Å². The first-order valence-electron chi connectivity index (χ1n) is 8.61. The summed E-state index contributed by atoms with van der Waals surface area (Å²) in [6.45, 7) is 4.96. The number of fused-ring (bicyclic) bond motifs is 1. The highest BCUT2D eigenvalue weighted by Crippen LogP contribution is 2.26. The first kappa shape index (κ1) is 17.3. The van der Waals surface area contributed by atoms with Crippen molar-refractivity contribution in [1.29, 1.82) is 0 Å². The number of urea groups is 1. The third kappa shape index (κ3) is 3.62. The molecule has 0 bridgehead atoms. The molecule has 0 aliphatic carbocycles. The van der Waals surface area contributed by atoms with Crippen molar-refractivity contribution >= 4 is 23.0 Å². The summed E-state index contributed by atoms with van der Waals surface area (Å²) in [5, 5.41) is 4.00. The number of hydrogen-bond donors (Lipinski definition) is 1. The maximum absolute atomic E-state index is 12.5. The minimum Gasteiger partial charge on any atom is -0.469 e. The van der Waals surface area contributed by atoms with Gasteiger partial charge in [-0.2, -0.15) is 0 Å². The number of rotatable bonds is 3. The van der Waals surface area contributed by atoms with Crippen LogP contribution in [-0.4, -0.2) is 37.1 Å². The van der Waals surface area contributed by atoms with Crippen molar-refractivity contribution in [2.45, 2.75) is 26.3 Å². The molecule has 6 heteroatoms. The summed E-state index contributed by atoms with van der Waals surface area (Å²) in [4.78, 5) is 26.0. The van der Waals surface area contributed by atoms with Gasteiger partial charge in [-0.1, -0.05) is 25.1 Å². The highest BCUT2D eigenvalue weighted by molar-refractivity contribution is 5.79. The smallest absolute Gasteiger partial charge is 0.317 e. The Morgan fingerprint density at radius 1 is 1.36 bits per heavy atom. The molecule has 0 saturated carbocycles. The van der Waals surface area contributed by atoms with E-state index in [0.29, 0.717) is 19.5 Å². The summed E-state index contributed by atoms with van der Waals surface area (Å²) in [6, 6.07) is 9.36. The summed E-state index contributed by atoms with van der Waals surface area (Å²) in [5.41, 5.74) is 0.811. The van der Waals surface area contributed by atoms with E-state index in [1.54, 1.807) is 4.90 Å². The molecule has 2 amide bonds. The Hall–Kier alpha value is -2.50. The van der Waals surface area contributed by atoms with Gasteiger partial charge < -0.3 is 19.4 Å². The van der Waals surface area contributed by atoms with Crippen molar-refractivity contribution in [2.75, 3.05) is 20.2 Å². The maximum Gasteiger partial charge on any atom is 0.317 e. The maximum atomic E-state index is 12.5. The summed E-state index contributed by atoms with van der Waals surface area (Å²) >= 11 is 0. The Bertz CT molecular complexity index is 737. The molecule has 3 rings (SSSR count). The fourth-order valence-corrected chi connectivity index (χ4v) is 3.40. The molecular formula is C19H24N2O4. The van der Waals surface area contributed by atoms with E-state index in [-0.39, 0.29) is 29.9 Å². The number of amides is 2. The van der Waals surface area contributed by atoms with Crippen LogP contribution in [0.15, 0.2) is 34.7 Å². The van der Waals surface area contributed by atoms with Gasteiger partial charge in [0.05, 0.1) is 19.1 Å². The lowest BCUT2D eigenvalue weighted by atomic mass is 9.87. The molecule has 134 valence electrons. The van der Waals surface area contributed by atoms with Crippen LogP contribution in [0.2, 0.25) is 0 Å². The zero-order chi connectivity index (χ0) is 18.0. The lowest BCUT2D eigenvalue weighted by Gasteiger charge is -2.35. The number of piperidine rings is 1. The van der Waals surface area contributed by atoms with Gasteiger partial charge in [-0.3, -0.25) is 4.79 Å². The zero-order valence-corrected chi connectivity index (χ0v) is 14.8. The van der Waals surface area contributed by atoms with Gasteiger partial charge in [-0.05, 0) is 31.4 Å². The fourth-order valence-electron chi connectivity index (χ4n) is 3.40. The van der Waals surface area contributed by atoms with Crippen molar-refractivity contribution in [1.82, 2.24) is 10.2 Å². The average Bonchev–Trinajstić information content (AvgIpc) is 3.05. The van der Waals surface area contributed by atoms with Gasteiger partial charge >= 0.3 is 12.0 Å². The number of likely N-dealkylation sites (tertiary alicyclic amines) is 1. The normalized spacial score (nSPS) is 21.8. The van der Waals surface area contributed by atoms with Crippen LogP contribution in [0.1, 0.15) is 32.1 Å². The van der Waals surface area contributed by atoms with Crippen LogP contribution >= 0.6 is 0 Å². The van der Waals surface area contributed by atoms with Crippen LogP contribution in [0.5, 0.6) is 0 Å². The highest BCUT2D eigenvalue weighted by Gasteiger charge is 2.34. The van der Waals surface area contributed by atoms with Gasteiger partial charge in [-0.25, -0.2) is 4.79 Å². The number of methoxy groups -OCH3 is 1. The number of benzene rings is 1. The molecule has 0 radical (unpaired) electrons. The third-order valence-electron chi connectivity index (χ3n) is 4.91. The number of furan rings is 1. The molecule has 2 aromatic rings. The second-order valence-corrected chi connectivity index (χ2v) is 6.70. The number of ether oxygens (including phenoxy) is 1. The van der Waals surface area contributed by atoms with Gasteiger partial charge in [0.25, 0.3) is 0 Å². The van der Waals surface area contributed by atoms with Gasteiger partial charge in [0.15, 0.2) is 0 Å². The SMILES string of the molecule is COC(=O)[C@@H]1CCN(C(=O)N[C@@H](C)c2cc3ccccc3o2)C[C@@H]1C. The van der Waals surface area contributed by atoms with Crippen molar-refractivity contribution < 1.29 is 18.7 Å². The molecule has 1 aromatic heterocycles. The molecule has 0 unspecified atom stereocenters. The van der Waals surface area contributed by atoms with E-state index in [1.165, 1.54) is 7.11 Å². The molecule has 1 aliphatic heterocycles. The lowest BCUT2D eigenvalue weighted by Crippen LogP contribution is -2.49. The molecule has 3 atom stereocenters. The monoisotopic (exact) mass is 344 g/mol. The van der Waals surface area contributed by atoms with Crippen molar-refractivity contribution in [3.05, 3.63) is 36.1 Å². The molecule has 0 spiro atoms. The number of carbonyl (C=O) groups is 2. The van der Waals surface area contributed by atoms with E-state index in [4.69, 9.17) is 9.15 Å². The quantitative estimate of drug-likeness (QED) is 0.867. The number of para-hydroxylation sites is 1. The van der Waals surface area contributed by atoms with Crippen LogP contribution in [0.25, 0.3) is 11.0 Å². The van der Waals surface area contributed by atoms with Gasteiger partial charge in [0.2, 0.25) is 0 Å². The molecule has 1 aliphatic rings. The Morgan fingerprint density at radius 2 is 2.12 bits per heavy atom. The number of nitrogens with one attached hydrogen (secondary N) is 1. The number of carbonyl (C=O) groups excluding carboxylic acids is 2. The van der Waals surface area contributed by atoms with Gasteiger partial charge in [0.1, 0.15) is 11.3 Å². The first-order chi connectivity index (χ1) is 12.0. The Morgan fingerprint density at radius 3 is 2.80 bits per heavy atom. The average molecular weight is 344 g/mol. The van der Waals surface area contributed by atoms with E-state index in [9.17, 15) is 9.59 Å². The van der Waals surface area contributed by atoms with Gasteiger partial charge in [-0.15, -0.1) is 0 Å². The molecule has 1 N–H and O–H groups in total. The molecule has 1 saturated heterocycles. The van der Waals surface area contributed by atoms with E-state index >= 15 is 0 Å². The van der Waals surface area contributed by atoms with Crippen LogP contribution < -0.4 is 5.32 Å².